The van der Waals surface area contributed by atoms with Crippen molar-refractivity contribution >= 4 is 6.29 Å². The zero-order chi connectivity index (χ0) is 13.9. The van der Waals surface area contributed by atoms with E-state index in [-0.39, 0.29) is 5.82 Å². The predicted octanol–water partition coefficient (Wildman–Crippen LogP) is 3.83. The van der Waals surface area contributed by atoms with Crippen LogP contribution in [0.5, 0.6) is 0 Å². The number of hydrogen-bond donors (Lipinski definition) is 0. The number of halogens is 1. The summed E-state index contributed by atoms with van der Waals surface area (Å²) in [7, 11) is 0. The van der Waals surface area contributed by atoms with Crippen molar-refractivity contribution in [3.8, 4) is 0 Å². The first-order chi connectivity index (χ1) is 9.05. The van der Waals surface area contributed by atoms with Crippen molar-refractivity contribution in [3.63, 3.8) is 0 Å². The van der Waals surface area contributed by atoms with Gasteiger partial charge in [-0.3, -0.25) is 0 Å². The number of hydrogen-bond acceptors (Lipinski definition) is 1. The number of aldehydes is 1. The smallest absolute Gasteiger partial charge is 0.130 e. The maximum Gasteiger partial charge on any atom is 0.130 e. The molecule has 0 bridgehead atoms. The van der Waals surface area contributed by atoms with Crippen LogP contribution in [0, 0.1) is 12.7 Å². The van der Waals surface area contributed by atoms with Crippen LogP contribution in [-0.4, -0.2) is 6.29 Å². The van der Waals surface area contributed by atoms with Gasteiger partial charge < -0.3 is 4.79 Å². The van der Waals surface area contributed by atoms with Gasteiger partial charge in [-0.2, -0.15) is 0 Å². The number of carbonyl (C=O) groups excluding carboxylic acids is 1. The highest BCUT2D eigenvalue weighted by Gasteiger charge is 2.29. The van der Waals surface area contributed by atoms with Crippen LogP contribution in [0.15, 0.2) is 48.5 Å². The molecule has 98 valence electrons. The topological polar surface area (TPSA) is 17.1 Å². The van der Waals surface area contributed by atoms with Crippen LogP contribution in [-0.2, 0) is 16.6 Å². The van der Waals surface area contributed by atoms with Crippen molar-refractivity contribution in [2.75, 3.05) is 0 Å². The molecule has 0 aliphatic rings. The van der Waals surface area contributed by atoms with Crippen molar-refractivity contribution in [1.82, 2.24) is 0 Å². The van der Waals surface area contributed by atoms with E-state index in [2.05, 4.69) is 0 Å². The second-order valence-electron chi connectivity index (χ2n) is 5.18. The van der Waals surface area contributed by atoms with Crippen LogP contribution in [0.2, 0.25) is 0 Å². The van der Waals surface area contributed by atoms with Crippen molar-refractivity contribution < 1.29 is 9.18 Å². The average molecular weight is 256 g/mol. The van der Waals surface area contributed by atoms with Crippen LogP contribution in [0.25, 0.3) is 0 Å². The van der Waals surface area contributed by atoms with Crippen LogP contribution < -0.4 is 0 Å². The number of rotatable bonds is 4. The third-order valence-corrected chi connectivity index (χ3v) is 3.44. The molecule has 0 saturated heterocycles. The Morgan fingerprint density at radius 3 is 2.32 bits per heavy atom. The number of carbonyl (C=O) groups is 1. The molecule has 1 nitrogen and oxygen atoms in total. The van der Waals surface area contributed by atoms with Gasteiger partial charge in [0.05, 0.1) is 5.41 Å². The largest absolute Gasteiger partial charge is 0.302 e. The summed E-state index contributed by atoms with van der Waals surface area (Å²) in [6.45, 7) is 3.79. The molecular formula is C17H17FO. The second kappa shape index (κ2) is 5.35. The van der Waals surface area contributed by atoms with Gasteiger partial charge in [-0.25, -0.2) is 4.39 Å². The SMILES string of the molecule is Cc1ccc(CC(C)(C=O)c2ccccc2F)cc1. The maximum absolute atomic E-state index is 13.9. The van der Waals surface area contributed by atoms with E-state index in [9.17, 15) is 9.18 Å². The molecule has 2 rings (SSSR count). The molecule has 0 aliphatic carbocycles. The Morgan fingerprint density at radius 2 is 1.74 bits per heavy atom. The van der Waals surface area contributed by atoms with Gasteiger partial charge in [0.15, 0.2) is 0 Å². The molecule has 1 atom stereocenters. The van der Waals surface area contributed by atoms with Gasteiger partial charge in [-0.15, -0.1) is 0 Å². The molecule has 0 saturated carbocycles. The first-order valence-electron chi connectivity index (χ1n) is 6.32. The quantitative estimate of drug-likeness (QED) is 0.760. The highest BCUT2D eigenvalue weighted by atomic mass is 19.1. The highest BCUT2D eigenvalue weighted by molar-refractivity contribution is 5.68. The Labute approximate surface area is 113 Å². The lowest BCUT2D eigenvalue weighted by atomic mass is 9.78. The van der Waals surface area contributed by atoms with E-state index in [1.807, 2.05) is 31.2 Å². The highest BCUT2D eigenvalue weighted by Crippen LogP contribution is 2.28. The molecular weight excluding hydrogens is 239 g/mol. The zero-order valence-corrected chi connectivity index (χ0v) is 11.2. The first-order valence-corrected chi connectivity index (χ1v) is 6.32. The zero-order valence-electron chi connectivity index (χ0n) is 11.2. The van der Waals surface area contributed by atoms with E-state index < -0.39 is 5.41 Å². The van der Waals surface area contributed by atoms with Gasteiger partial charge in [0, 0.05) is 5.56 Å². The third-order valence-electron chi connectivity index (χ3n) is 3.44. The van der Waals surface area contributed by atoms with Crippen LogP contribution in [0.3, 0.4) is 0 Å². The Bertz CT molecular complexity index is 574. The normalized spacial score (nSPS) is 13.8. The summed E-state index contributed by atoms with van der Waals surface area (Å²) in [5.74, 6) is -0.329. The fraction of sp³-hybridized carbons (Fsp3) is 0.235. The lowest BCUT2D eigenvalue weighted by Crippen LogP contribution is -2.28. The van der Waals surface area contributed by atoms with E-state index in [1.165, 1.54) is 11.6 Å². The molecule has 0 N–H and O–H groups in total. The average Bonchev–Trinajstić information content (AvgIpc) is 2.42. The fourth-order valence-corrected chi connectivity index (χ4v) is 2.25. The first kappa shape index (κ1) is 13.5. The molecule has 1 unspecified atom stereocenters. The minimum absolute atomic E-state index is 0.329. The molecule has 0 aliphatic heterocycles. The van der Waals surface area contributed by atoms with Gasteiger partial charge in [-0.1, -0.05) is 48.0 Å². The van der Waals surface area contributed by atoms with Crippen molar-refractivity contribution in [2.24, 2.45) is 0 Å². The fourth-order valence-electron chi connectivity index (χ4n) is 2.25. The van der Waals surface area contributed by atoms with E-state index in [1.54, 1.807) is 25.1 Å². The van der Waals surface area contributed by atoms with Crippen molar-refractivity contribution in [2.45, 2.75) is 25.7 Å². The molecule has 0 aromatic heterocycles. The lowest BCUT2D eigenvalue weighted by Gasteiger charge is -2.24. The minimum atomic E-state index is -0.833. The van der Waals surface area contributed by atoms with Crippen LogP contribution in [0.1, 0.15) is 23.6 Å². The Balaban J connectivity index is 2.35. The summed E-state index contributed by atoms with van der Waals surface area (Å²) in [4.78, 5) is 11.5. The lowest BCUT2D eigenvalue weighted by molar-refractivity contribution is -0.112. The molecule has 2 aromatic rings. The molecule has 0 spiro atoms. The molecule has 19 heavy (non-hydrogen) atoms. The van der Waals surface area contributed by atoms with Crippen LogP contribution >= 0.6 is 0 Å². The van der Waals surface area contributed by atoms with E-state index in [4.69, 9.17) is 0 Å². The van der Waals surface area contributed by atoms with Crippen molar-refractivity contribution in [1.29, 1.82) is 0 Å². The molecule has 0 amide bonds. The van der Waals surface area contributed by atoms with Gasteiger partial charge >= 0.3 is 0 Å². The second-order valence-corrected chi connectivity index (χ2v) is 5.18. The Kier molecular flexibility index (Phi) is 3.79. The number of aryl methyl sites for hydroxylation is 1. The summed E-state index contributed by atoms with van der Waals surface area (Å²) in [6.07, 6.45) is 1.34. The van der Waals surface area contributed by atoms with E-state index in [0.717, 1.165) is 11.8 Å². The summed E-state index contributed by atoms with van der Waals surface area (Å²) in [5, 5.41) is 0. The summed E-state index contributed by atoms with van der Waals surface area (Å²) in [6, 6.07) is 14.4. The van der Waals surface area contributed by atoms with Gasteiger partial charge in [-0.05, 0) is 31.9 Å². The molecule has 0 fully saturated rings. The molecule has 2 aromatic carbocycles. The third kappa shape index (κ3) is 2.90. The standard InChI is InChI=1S/C17H17FO/c1-13-7-9-14(10-8-13)11-17(2,12-19)15-5-3-4-6-16(15)18/h3-10,12H,11H2,1-2H3. The molecule has 0 heterocycles. The summed E-state index contributed by atoms with van der Waals surface area (Å²) < 4.78 is 13.9. The number of benzene rings is 2. The Hall–Kier alpha value is -1.96. The monoisotopic (exact) mass is 256 g/mol. The van der Waals surface area contributed by atoms with E-state index in [0.29, 0.717) is 12.0 Å². The van der Waals surface area contributed by atoms with Gasteiger partial charge in [0.25, 0.3) is 0 Å². The molecule has 2 heteroatoms. The van der Waals surface area contributed by atoms with Gasteiger partial charge in [0.2, 0.25) is 0 Å². The maximum atomic E-state index is 13.9. The minimum Gasteiger partial charge on any atom is -0.302 e. The van der Waals surface area contributed by atoms with E-state index >= 15 is 0 Å². The Morgan fingerprint density at radius 1 is 1.11 bits per heavy atom. The predicted molar refractivity (Wildman–Crippen MR) is 74.7 cm³/mol. The van der Waals surface area contributed by atoms with Crippen molar-refractivity contribution in [3.05, 3.63) is 71.0 Å². The van der Waals surface area contributed by atoms with Gasteiger partial charge in [0.1, 0.15) is 12.1 Å². The molecule has 0 radical (unpaired) electrons. The summed E-state index contributed by atoms with van der Waals surface area (Å²) in [5.41, 5.74) is 1.82. The van der Waals surface area contributed by atoms with Crippen LogP contribution in [0.4, 0.5) is 4.39 Å². The summed E-state index contributed by atoms with van der Waals surface area (Å²) >= 11 is 0.